The van der Waals surface area contributed by atoms with E-state index in [0.717, 1.165) is 5.82 Å². The van der Waals surface area contributed by atoms with Crippen molar-refractivity contribution >= 4 is 5.82 Å². The number of anilines is 1. The van der Waals surface area contributed by atoms with E-state index in [2.05, 4.69) is 28.9 Å². The fourth-order valence-electron chi connectivity index (χ4n) is 2.62. The fourth-order valence-corrected chi connectivity index (χ4v) is 2.62. The molecule has 3 nitrogen and oxygen atoms in total. The van der Waals surface area contributed by atoms with Gasteiger partial charge in [-0.25, -0.2) is 4.98 Å². The molecule has 0 aromatic carbocycles. The van der Waals surface area contributed by atoms with E-state index in [1.165, 1.54) is 37.9 Å². The molecule has 94 valence electrons. The molecule has 2 rings (SSSR count). The van der Waals surface area contributed by atoms with Crippen molar-refractivity contribution in [3.05, 3.63) is 23.9 Å². The van der Waals surface area contributed by atoms with Gasteiger partial charge in [0.1, 0.15) is 5.82 Å². The van der Waals surface area contributed by atoms with E-state index in [-0.39, 0.29) is 0 Å². The maximum Gasteiger partial charge on any atom is 0.127 e. The smallest absolute Gasteiger partial charge is 0.127 e. The Hall–Kier alpha value is -1.09. The number of aromatic nitrogens is 1. The predicted molar refractivity (Wildman–Crippen MR) is 72.4 cm³/mol. The molecule has 1 aliphatic heterocycles. The molecule has 1 aromatic heterocycles. The minimum Gasteiger partial charge on any atom is -0.363 e. The van der Waals surface area contributed by atoms with E-state index >= 15 is 0 Å². The molecular formula is C14H23N3. The molecule has 0 bridgehead atoms. The molecule has 1 saturated heterocycles. The molecule has 1 fully saturated rings. The SMILES string of the molecule is CCCN1CCC[C@H]1c1ccc(N(C)C)nc1. The second-order valence-corrected chi connectivity index (χ2v) is 5.04. The van der Waals surface area contributed by atoms with Crippen molar-refractivity contribution in [3.63, 3.8) is 0 Å². The molecular weight excluding hydrogens is 210 g/mol. The van der Waals surface area contributed by atoms with Gasteiger partial charge in [-0.05, 0) is 44.0 Å². The fraction of sp³-hybridized carbons (Fsp3) is 0.643. The summed E-state index contributed by atoms with van der Waals surface area (Å²) in [5, 5.41) is 0. The van der Waals surface area contributed by atoms with Crippen LogP contribution in [0.4, 0.5) is 5.82 Å². The predicted octanol–water partition coefficient (Wildman–Crippen LogP) is 2.69. The third-order valence-electron chi connectivity index (χ3n) is 3.49. The molecule has 0 spiro atoms. The van der Waals surface area contributed by atoms with E-state index in [1.807, 2.05) is 25.2 Å². The van der Waals surface area contributed by atoms with Crippen LogP contribution in [0.15, 0.2) is 18.3 Å². The molecule has 0 saturated carbocycles. The molecule has 17 heavy (non-hydrogen) atoms. The van der Waals surface area contributed by atoms with Gasteiger partial charge in [0.25, 0.3) is 0 Å². The molecule has 2 heterocycles. The molecule has 0 radical (unpaired) electrons. The minimum atomic E-state index is 0.596. The van der Waals surface area contributed by atoms with Gasteiger partial charge in [-0.3, -0.25) is 4.90 Å². The number of pyridine rings is 1. The lowest BCUT2D eigenvalue weighted by Crippen LogP contribution is -2.24. The van der Waals surface area contributed by atoms with Gasteiger partial charge in [0, 0.05) is 26.3 Å². The number of rotatable bonds is 4. The first-order valence-corrected chi connectivity index (χ1v) is 6.59. The van der Waals surface area contributed by atoms with Gasteiger partial charge in [-0.1, -0.05) is 13.0 Å². The highest BCUT2D eigenvalue weighted by Crippen LogP contribution is 2.31. The van der Waals surface area contributed by atoms with Crippen LogP contribution in [0.5, 0.6) is 0 Å². The maximum absolute atomic E-state index is 4.52. The summed E-state index contributed by atoms with van der Waals surface area (Å²) in [6, 6.07) is 4.96. The van der Waals surface area contributed by atoms with Crippen LogP contribution in [0.1, 0.15) is 37.8 Å². The van der Waals surface area contributed by atoms with E-state index in [4.69, 9.17) is 0 Å². The Morgan fingerprint density at radius 2 is 2.24 bits per heavy atom. The van der Waals surface area contributed by atoms with E-state index in [0.29, 0.717) is 6.04 Å². The summed E-state index contributed by atoms with van der Waals surface area (Å²) in [5.41, 5.74) is 1.38. The molecule has 1 aromatic rings. The van der Waals surface area contributed by atoms with Gasteiger partial charge < -0.3 is 4.90 Å². The Morgan fingerprint density at radius 3 is 2.82 bits per heavy atom. The molecule has 0 aliphatic carbocycles. The topological polar surface area (TPSA) is 19.4 Å². The molecule has 3 heteroatoms. The summed E-state index contributed by atoms with van der Waals surface area (Å²) in [7, 11) is 4.06. The first kappa shape index (κ1) is 12.4. The van der Waals surface area contributed by atoms with Gasteiger partial charge >= 0.3 is 0 Å². The van der Waals surface area contributed by atoms with Crippen LogP contribution in [0.25, 0.3) is 0 Å². The highest BCUT2D eigenvalue weighted by molar-refractivity contribution is 5.37. The maximum atomic E-state index is 4.52. The van der Waals surface area contributed by atoms with Crippen molar-refractivity contribution in [2.24, 2.45) is 0 Å². The summed E-state index contributed by atoms with van der Waals surface area (Å²) in [5.74, 6) is 1.04. The molecule has 1 atom stereocenters. The van der Waals surface area contributed by atoms with Crippen LogP contribution in [0.3, 0.4) is 0 Å². The summed E-state index contributed by atoms with van der Waals surface area (Å²) in [6.45, 7) is 4.71. The quantitative estimate of drug-likeness (QED) is 0.797. The largest absolute Gasteiger partial charge is 0.363 e. The summed E-state index contributed by atoms with van der Waals surface area (Å²) in [4.78, 5) is 9.15. The second-order valence-electron chi connectivity index (χ2n) is 5.04. The zero-order valence-corrected chi connectivity index (χ0v) is 11.2. The van der Waals surface area contributed by atoms with Crippen molar-refractivity contribution in [3.8, 4) is 0 Å². The van der Waals surface area contributed by atoms with Crippen LogP contribution in [0.2, 0.25) is 0 Å². The van der Waals surface area contributed by atoms with Crippen molar-refractivity contribution in [1.29, 1.82) is 0 Å². The number of nitrogens with zero attached hydrogens (tertiary/aromatic N) is 3. The highest BCUT2D eigenvalue weighted by atomic mass is 15.2. The van der Waals surface area contributed by atoms with Gasteiger partial charge in [0.2, 0.25) is 0 Å². The minimum absolute atomic E-state index is 0.596. The second kappa shape index (κ2) is 5.50. The zero-order valence-electron chi connectivity index (χ0n) is 11.2. The van der Waals surface area contributed by atoms with Crippen molar-refractivity contribution in [2.75, 3.05) is 32.1 Å². The van der Waals surface area contributed by atoms with Crippen LogP contribution in [-0.4, -0.2) is 37.1 Å². The summed E-state index contributed by atoms with van der Waals surface area (Å²) >= 11 is 0. The Morgan fingerprint density at radius 1 is 1.41 bits per heavy atom. The zero-order chi connectivity index (χ0) is 12.3. The Labute approximate surface area is 104 Å². The van der Waals surface area contributed by atoms with Crippen LogP contribution in [-0.2, 0) is 0 Å². The Bertz CT molecular complexity index is 345. The first-order chi connectivity index (χ1) is 8.22. The Balaban J connectivity index is 2.10. The molecule has 0 unspecified atom stereocenters. The van der Waals surface area contributed by atoms with E-state index < -0.39 is 0 Å². The lowest BCUT2D eigenvalue weighted by molar-refractivity contribution is 0.257. The lowest BCUT2D eigenvalue weighted by Gasteiger charge is -2.24. The van der Waals surface area contributed by atoms with E-state index in [9.17, 15) is 0 Å². The number of likely N-dealkylation sites (tertiary alicyclic amines) is 1. The average Bonchev–Trinajstić information content (AvgIpc) is 2.78. The van der Waals surface area contributed by atoms with Gasteiger partial charge in [-0.15, -0.1) is 0 Å². The summed E-state index contributed by atoms with van der Waals surface area (Å²) < 4.78 is 0. The normalized spacial score (nSPS) is 20.8. The molecule has 1 aliphatic rings. The first-order valence-electron chi connectivity index (χ1n) is 6.59. The van der Waals surface area contributed by atoms with Crippen LogP contribution >= 0.6 is 0 Å². The van der Waals surface area contributed by atoms with Crippen molar-refractivity contribution in [1.82, 2.24) is 9.88 Å². The van der Waals surface area contributed by atoms with Gasteiger partial charge in [0.15, 0.2) is 0 Å². The summed E-state index contributed by atoms with van der Waals surface area (Å²) in [6.07, 6.45) is 5.89. The van der Waals surface area contributed by atoms with E-state index in [1.54, 1.807) is 0 Å². The lowest BCUT2D eigenvalue weighted by atomic mass is 10.1. The molecule has 0 amide bonds. The molecule has 0 N–H and O–H groups in total. The van der Waals surface area contributed by atoms with Crippen molar-refractivity contribution < 1.29 is 0 Å². The monoisotopic (exact) mass is 233 g/mol. The van der Waals surface area contributed by atoms with Crippen molar-refractivity contribution in [2.45, 2.75) is 32.2 Å². The Kier molecular flexibility index (Phi) is 4.00. The standard InChI is InChI=1S/C14H23N3/c1-4-9-17-10-5-6-13(17)12-7-8-14(15-11-12)16(2)3/h7-8,11,13H,4-6,9-10H2,1-3H3/t13-/m0/s1. The van der Waals surface area contributed by atoms with Gasteiger partial charge in [-0.2, -0.15) is 0 Å². The highest BCUT2D eigenvalue weighted by Gasteiger charge is 2.25. The van der Waals surface area contributed by atoms with Crippen LogP contribution in [0, 0.1) is 0 Å². The number of hydrogen-bond acceptors (Lipinski definition) is 3. The average molecular weight is 233 g/mol. The van der Waals surface area contributed by atoms with Crippen LogP contribution < -0.4 is 4.90 Å². The number of hydrogen-bond donors (Lipinski definition) is 0. The third kappa shape index (κ3) is 2.78. The third-order valence-corrected chi connectivity index (χ3v) is 3.49. The van der Waals surface area contributed by atoms with Gasteiger partial charge in [0.05, 0.1) is 0 Å².